The van der Waals surface area contributed by atoms with Crippen LogP contribution in [0, 0.1) is 12.7 Å². The van der Waals surface area contributed by atoms with Gasteiger partial charge in [0, 0.05) is 11.5 Å². The SMILES string of the molecule is Cc1onc2nc(N)c3c4ccccc4n(-c4ccc(O)cc4F)c3c12. The average molecular weight is 348 g/mol. The van der Waals surface area contributed by atoms with Crippen molar-refractivity contribution in [3.05, 3.63) is 54.0 Å². The summed E-state index contributed by atoms with van der Waals surface area (Å²) in [6.45, 7) is 1.78. The first kappa shape index (κ1) is 14.7. The molecule has 26 heavy (non-hydrogen) atoms. The standard InChI is InChI=1S/C19H13FN4O2/c1-9-15-17-16(18(21)22-19(15)23-26-9)11-4-2-3-5-13(11)24(17)14-7-6-10(25)8-12(14)20/h2-8,25H,1H3,(H2,21,22,23). The minimum atomic E-state index is -0.551. The summed E-state index contributed by atoms with van der Waals surface area (Å²) in [6.07, 6.45) is 0. The molecular weight excluding hydrogens is 335 g/mol. The van der Waals surface area contributed by atoms with Gasteiger partial charge in [0.05, 0.1) is 27.5 Å². The molecule has 0 unspecified atom stereocenters. The number of phenolic OH excluding ortho intramolecular Hbond substituents is 1. The van der Waals surface area contributed by atoms with Crippen LogP contribution in [0.15, 0.2) is 47.0 Å². The van der Waals surface area contributed by atoms with E-state index in [1.807, 2.05) is 24.3 Å². The fourth-order valence-electron chi connectivity index (χ4n) is 3.54. The van der Waals surface area contributed by atoms with E-state index in [4.69, 9.17) is 10.3 Å². The maximum atomic E-state index is 14.7. The average Bonchev–Trinajstić information content (AvgIpc) is 3.14. The number of nitrogen functional groups attached to an aromatic ring is 1. The van der Waals surface area contributed by atoms with E-state index in [0.29, 0.717) is 39.2 Å². The predicted molar refractivity (Wildman–Crippen MR) is 96.9 cm³/mol. The first-order chi connectivity index (χ1) is 12.6. The molecule has 7 heteroatoms. The molecule has 6 nitrogen and oxygen atoms in total. The molecule has 0 aliphatic heterocycles. The van der Waals surface area contributed by atoms with Crippen LogP contribution in [0.1, 0.15) is 5.76 Å². The highest BCUT2D eigenvalue weighted by atomic mass is 19.1. The number of aromatic nitrogens is 3. The molecule has 0 aliphatic rings. The topological polar surface area (TPSA) is 90.1 Å². The number of anilines is 1. The lowest BCUT2D eigenvalue weighted by atomic mass is 10.1. The van der Waals surface area contributed by atoms with Crippen LogP contribution in [0.2, 0.25) is 0 Å². The molecular formula is C19H13FN4O2. The highest BCUT2D eigenvalue weighted by Gasteiger charge is 2.23. The van der Waals surface area contributed by atoms with E-state index >= 15 is 0 Å². The second-order valence-electron chi connectivity index (χ2n) is 6.15. The molecule has 3 N–H and O–H groups in total. The lowest BCUT2D eigenvalue weighted by Gasteiger charge is -2.10. The molecule has 0 amide bonds. The van der Waals surface area contributed by atoms with E-state index in [1.54, 1.807) is 11.5 Å². The molecule has 0 saturated heterocycles. The zero-order chi connectivity index (χ0) is 18.0. The molecule has 5 aromatic rings. The number of aryl methyl sites for hydroxylation is 1. The number of hydrogen-bond donors (Lipinski definition) is 2. The van der Waals surface area contributed by atoms with Gasteiger partial charge in [-0.2, -0.15) is 0 Å². The number of halogens is 1. The first-order valence-corrected chi connectivity index (χ1v) is 7.99. The molecule has 0 atom stereocenters. The van der Waals surface area contributed by atoms with Gasteiger partial charge in [0.2, 0.25) is 5.65 Å². The lowest BCUT2D eigenvalue weighted by molar-refractivity contribution is 0.404. The van der Waals surface area contributed by atoms with Crippen molar-refractivity contribution in [3.8, 4) is 11.4 Å². The first-order valence-electron chi connectivity index (χ1n) is 7.99. The van der Waals surface area contributed by atoms with Crippen LogP contribution < -0.4 is 5.73 Å². The Morgan fingerprint density at radius 3 is 2.77 bits per heavy atom. The van der Waals surface area contributed by atoms with Crippen molar-refractivity contribution in [3.63, 3.8) is 0 Å². The second-order valence-corrected chi connectivity index (χ2v) is 6.15. The van der Waals surface area contributed by atoms with Gasteiger partial charge < -0.3 is 19.9 Å². The smallest absolute Gasteiger partial charge is 0.206 e. The Labute approximate surface area is 146 Å². The van der Waals surface area contributed by atoms with Crippen molar-refractivity contribution < 1.29 is 14.0 Å². The van der Waals surface area contributed by atoms with Gasteiger partial charge in [-0.1, -0.05) is 23.4 Å². The molecule has 0 fully saturated rings. The van der Waals surface area contributed by atoms with Crippen molar-refractivity contribution in [2.45, 2.75) is 6.92 Å². The Kier molecular flexibility index (Phi) is 2.80. The van der Waals surface area contributed by atoms with Crippen molar-refractivity contribution in [1.29, 1.82) is 0 Å². The molecule has 0 bridgehead atoms. The third-order valence-electron chi connectivity index (χ3n) is 4.61. The molecule has 2 aromatic carbocycles. The van der Waals surface area contributed by atoms with E-state index in [0.717, 1.165) is 17.0 Å². The van der Waals surface area contributed by atoms with Crippen LogP contribution in [0.5, 0.6) is 5.75 Å². The fourth-order valence-corrected chi connectivity index (χ4v) is 3.54. The minimum absolute atomic E-state index is 0.139. The highest BCUT2D eigenvalue weighted by Crippen LogP contribution is 2.40. The summed E-state index contributed by atoms with van der Waals surface area (Å²) in [4.78, 5) is 4.34. The molecule has 0 saturated carbocycles. The molecule has 0 spiro atoms. The monoisotopic (exact) mass is 348 g/mol. The van der Waals surface area contributed by atoms with E-state index in [-0.39, 0.29) is 5.75 Å². The summed E-state index contributed by atoms with van der Waals surface area (Å²) >= 11 is 0. The van der Waals surface area contributed by atoms with Crippen LogP contribution in [0.25, 0.3) is 38.5 Å². The normalized spacial score (nSPS) is 11.8. The second kappa shape index (κ2) is 4.95. The molecule has 0 aliphatic carbocycles. The van der Waals surface area contributed by atoms with E-state index in [1.165, 1.54) is 12.1 Å². The summed E-state index contributed by atoms with van der Waals surface area (Å²) in [5, 5.41) is 15.8. The largest absolute Gasteiger partial charge is 0.508 e. The summed E-state index contributed by atoms with van der Waals surface area (Å²) in [5.74, 6) is 0.181. The number of rotatable bonds is 1. The molecule has 3 heterocycles. The Hall–Kier alpha value is -3.61. The summed E-state index contributed by atoms with van der Waals surface area (Å²) < 4.78 is 21.8. The fraction of sp³-hybridized carbons (Fsp3) is 0.0526. The minimum Gasteiger partial charge on any atom is -0.508 e. The van der Waals surface area contributed by atoms with Gasteiger partial charge in [-0.05, 0) is 25.1 Å². The number of hydrogen-bond acceptors (Lipinski definition) is 5. The number of benzene rings is 2. The van der Waals surface area contributed by atoms with Crippen LogP contribution in [0.4, 0.5) is 10.2 Å². The van der Waals surface area contributed by atoms with E-state index < -0.39 is 5.82 Å². The van der Waals surface area contributed by atoms with Gasteiger partial charge in [0.15, 0.2) is 5.82 Å². The Bertz CT molecular complexity index is 1340. The molecule has 3 aromatic heterocycles. The van der Waals surface area contributed by atoms with Gasteiger partial charge in [-0.25, -0.2) is 9.37 Å². The van der Waals surface area contributed by atoms with E-state index in [2.05, 4.69) is 10.1 Å². The highest BCUT2D eigenvalue weighted by molar-refractivity contribution is 6.21. The molecule has 128 valence electrons. The summed E-state index contributed by atoms with van der Waals surface area (Å²) in [7, 11) is 0. The molecule has 0 radical (unpaired) electrons. The Morgan fingerprint density at radius 2 is 1.96 bits per heavy atom. The zero-order valence-electron chi connectivity index (χ0n) is 13.7. The van der Waals surface area contributed by atoms with Gasteiger partial charge in [0.1, 0.15) is 17.3 Å². The lowest BCUT2D eigenvalue weighted by Crippen LogP contribution is -1.99. The van der Waals surface area contributed by atoms with Crippen LogP contribution in [0.3, 0.4) is 0 Å². The quantitative estimate of drug-likeness (QED) is 0.477. The summed E-state index contributed by atoms with van der Waals surface area (Å²) in [5.41, 5.74) is 8.33. The zero-order valence-corrected chi connectivity index (χ0v) is 13.7. The molecule has 5 rings (SSSR count). The third kappa shape index (κ3) is 1.79. The number of aromatic hydroxyl groups is 1. The maximum Gasteiger partial charge on any atom is 0.206 e. The van der Waals surface area contributed by atoms with Crippen LogP contribution in [-0.2, 0) is 0 Å². The van der Waals surface area contributed by atoms with Gasteiger partial charge in [0.25, 0.3) is 0 Å². The van der Waals surface area contributed by atoms with Crippen molar-refractivity contribution >= 4 is 38.7 Å². The van der Waals surface area contributed by atoms with Crippen LogP contribution >= 0.6 is 0 Å². The summed E-state index contributed by atoms with van der Waals surface area (Å²) in [6, 6.07) is 11.6. The number of para-hydroxylation sites is 1. The number of pyridine rings is 1. The van der Waals surface area contributed by atoms with Crippen molar-refractivity contribution in [2.24, 2.45) is 0 Å². The van der Waals surface area contributed by atoms with Gasteiger partial charge >= 0.3 is 0 Å². The van der Waals surface area contributed by atoms with Gasteiger partial charge in [-0.15, -0.1) is 0 Å². The van der Waals surface area contributed by atoms with Crippen molar-refractivity contribution in [2.75, 3.05) is 5.73 Å². The Morgan fingerprint density at radius 1 is 1.15 bits per heavy atom. The van der Waals surface area contributed by atoms with Gasteiger partial charge in [-0.3, -0.25) is 0 Å². The third-order valence-corrected chi connectivity index (χ3v) is 4.61. The van der Waals surface area contributed by atoms with E-state index in [9.17, 15) is 9.50 Å². The Balaban J connectivity index is 2.12. The number of fused-ring (bicyclic) bond motifs is 5. The van der Waals surface area contributed by atoms with Crippen LogP contribution in [-0.4, -0.2) is 19.8 Å². The predicted octanol–water partition coefficient (Wildman–Crippen LogP) is 4.06. The number of nitrogens with two attached hydrogens (primary N) is 1. The van der Waals surface area contributed by atoms with Crippen molar-refractivity contribution in [1.82, 2.24) is 14.7 Å². The number of phenols is 1. The maximum absolute atomic E-state index is 14.7. The number of nitrogens with zero attached hydrogens (tertiary/aromatic N) is 3.